The summed E-state index contributed by atoms with van der Waals surface area (Å²) in [6.45, 7) is 0. The van der Waals surface area contributed by atoms with Gasteiger partial charge in [0.2, 0.25) is 0 Å². The van der Waals surface area contributed by atoms with Gasteiger partial charge in [-0.1, -0.05) is 28.1 Å². The van der Waals surface area contributed by atoms with Crippen molar-refractivity contribution in [1.82, 2.24) is 0 Å². The third-order valence-electron chi connectivity index (χ3n) is 2.76. The average molecular weight is 390 g/mol. The normalized spacial score (nSPS) is 12.3. The van der Waals surface area contributed by atoms with E-state index in [1.807, 2.05) is 6.07 Å². The van der Waals surface area contributed by atoms with E-state index in [2.05, 4.69) is 31.9 Å². The summed E-state index contributed by atoms with van der Waals surface area (Å²) in [6, 6.07) is 9.87. The highest BCUT2D eigenvalue weighted by Gasteiger charge is 2.19. The van der Waals surface area contributed by atoms with E-state index < -0.39 is 11.9 Å². The molecular formula is C14H11Br2FO2. The quantitative estimate of drug-likeness (QED) is 0.840. The van der Waals surface area contributed by atoms with E-state index in [0.717, 1.165) is 4.47 Å². The molecule has 100 valence electrons. The van der Waals surface area contributed by atoms with Crippen LogP contribution in [0.5, 0.6) is 5.75 Å². The van der Waals surface area contributed by atoms with Crippen LogP contribution in [-0.2, 0) is 0 Å². The minimum atomic E-state index is -0.975. The molecule has 1 atom stereocenters. The zero-order valence-corrected chi connectivity index (χ0v) is 13.2. The smallest absolute Gasteiger partial charge is 0.137 e. The van der Waals surface area contributed by atoms with Gasteiger partial charge in [0.1, 0.15) is 17.7 Å². The molecule has 5 heteroatoms. The van der Waals surface area contributed by atoms with Gasteiger partial charge in [0.25, 0.3) is 0 Å². The van der Waals surface area contributed by atoms with Crippen molar-refractivity contribution in [2.75, 3.05) is 7.11 Å². The lowest BCUT2D eigenvalue weighted by Gasteiger charge is -2.17. The molecule has 0 aliphatic rings. The summed E-state index contributed by atoms with van der Waals surface area (Å²) < 4.78 is 19.8. The Balaban J connectivity index is 2.52. The predicted molar refractivity (Wildman–Crippen MR) is 78.9 cm³/mol. The van der Waals surface area contributed by atoms with E-state index in [1.165, 1.54) is 13.2 Å². The van der Waals surface area contributed by atoms with Gasteiger partial charge in [-0.05, 0) is 40.2 Å². The Morgan fingerprint density at radius 2 is 1.89 bits per heavy atom. The molecule has 0 heterocycles. The van der Waals surface area contributed by atoms with E-state index in [-0.39, 0.29) is 4.47 Å². The number of methoxy groups -OCH3 is 1. The highest BCUT2D eigenvalue weighted by Crippen LogP contribution is 2.36. The van der Waals surface area contributed by atoms with Gasteiger partial charge in [-0.3, -0.25) is 0 Å². The first kappa shape index (κ1) is 14.5. The monoisotopic (exact) mass is 388 g/mol. The molecule has 1 unspecified atom stereocenters. The first-order valence-corrected chi connectivity index (χ1v) is 7.08. The summed E-state index contributed by atoms with van der Waals surface area (Å²) in [5.74, 6) is 0.136. The molecule has 0 saturated heterocycles. The second-order valence-electron chi connectivity index (χ2n) is 3.93. The maximum atomic E-state index is 13.5. The molecule has 0 saturated carbocycles. The van der Waals surface area contributed by atoms with Crippen LogP contribution in [0.15, 0.2) is 45.3 Å². The van der Waals surface area contributed by atoms with Gasteiger partial charge in [0.05, 0.1) is 11.6 Å². The molecule has 2 nitrogen and oxygen atoms in total. The van der Waals surface area contributed by atoms with Crippen molar-refractivity contribution in [1.29, 1.82) is 0 Å². The molecule has 0 aliphatic carbocycles. The zero-order valence-electron chi connectivity index (χ0n) is 10.0. The number of halogens is 3. The SMILES string of the molecule is COc1ccc(Br)cc1C(O)c1cccc(F)c1Br. The number of hydrogen-bond acceptors (Lipinski definition) is 2. The minimum absolute atomic E-state index is 0.254. The van der Waals surface area contributed by atoms with Crippen molar-refractivity contribution in [3.05, 3.63) is 62.3 Å². The third-order valence-corrected chi connectivity index (χ3v) is 4.09. The van der Waals surface area contributed by atoms with Gasteiger partial charge < -0.3 is 9.84 Å². The third kappa shape index (κ3) is 2.99. The lowest BCUT2D eigenvalue weighted by molar-refractivity contribution is 0.213. The Hall–Kier alpha value is -0.910. The average Bonchev–Trinajstić information content (AvgIpc) is 2.41. The van der Waals surface area contributed by atoms with Crippen molar-refractivity contribution >= 4 is 31.9 Å². The second-order valence-corrected chi connectivity index (χ2v) is 5.64. The van der Waals surface area contributed by atoms with Gasteiger partial charge in [-0.2, -0.15) is 0 Å². The molecule has 1 N–H and O–H groups in total. The molecule has 2 aromatic rings. The molecule has 0 spiro atoms. The van der Waals surface area contributed by atoms with Crippen LogP contribution in [0.3, 0.4) is 0 Å². The molecule has 19 heavy (non-hydrogen) atoms. The number of aliphatic hydroxyl groups is 1. The van der Waals surface area contributed by atoms with E-state index in [0.29, 0.717) is 16.9 Å². The number of rotatable bonds is 3. The summed E-state index contributed by atoms with van der Waals surface area (Å²) in [5, 5.41) is 10.4. The van der Waals surface area contributed by atoms with E-state index in [4.69, 9.17) is 4.74 Å². The topological polar surface area (TPSA) is 29.5 Å². The lowest BCUT2D eigenvalue weighted by Crippen LogP contribution is -2.04. The minimum Gasteiger partial charge on any atom is -0.496 e. The zero-order chi connectivity index (χ0) is 14.0. The fourth-order valence-corrected chi connectivity index (χ4v) is 2.68. The van der Waals surface area contributed by atoms with E-state index >= 15 is 0 Å². The molecule has 0 bridgehead atoms. The van der Waals surface area contributed by atoms with Gasteiger partial charge >= 0.3 is 0 Å². The van der Waals surface area contributed by atoms with E-state index in [1.54, 1.807) is 24.3 Å². The van der Waals surface area contributed by atoms with Crippen molar-refractivity contribution in [3.63, 3.8) is 0 Å². The largest absolute Gasteiger partial charge is 0.496 e. The fraction of sp³-hybridized carbons (Fsp3) is 0.143. The van der Waals surface area contributed by atoms with E-state index in [9.17, 15) is 9.50 Å². The van der Waals surface area contributed by atoms with Crippen LogP contribution in [0.25, 0.3) is 0 Å². The first-order chi connectivity index (χ1) is 9.04. The molecule has 2 aromatic carbocycles. The van der Waals surface area contributed by atoms with Gasteiger partial charge in [0, 0.05) is 15.6 Å². The summed E-state index contributed by atoms with van der Waals surface area (Å²) in [5.41, 5.74) is 1.03. The van der Waals surface area contributed by atoms with Gasteiger partial charge in [-0.25, -0.2) is 4.39 Å². The van der Waals surface area contributed by atoms with Crippen molar-refractivity contribution in [2.45, 2.75) is 6.10 Å². The maximum absolute atomic E-state index is 13.5. The number of aliphatic hydroxyl groups excluding tert-OH is 1. The van der Waals surface area contributed by atoms with Crippen LogP contribution in [0.4, 0.5) is 4.39 Å². The van der Waals surface area contributed by atoms with Crippen molar-refractivity contribution in [2.24, 2.45) is 0 Å². The summed E-state index contributed by atoms with van der Waals surface area (Å²) in [4.78, 5) is 0. The predicted octanol–water partition coefficient (Wildman–Crippen LogP) is 4.44. The Morgan fingerprint density at radius 1 is 1.16 bits per heavy atom. The second kappa shape index (κ2) is 6.03. The summed E-state index contributed by atoms with van der Waals surface area (Å²) in [6.07, 6.45) is -0.975. The Bertz CT molecular complexity index is 602. The highest BCUT2D eigenvalue weighted by molar-refractivity contribution is 9.10. The highest BCUT2D eigenvalue weighted by atomic mass is 79.9. The summed E-state index contributed by atoms with van der Waals surface area (Å²) >= 11 is 6.50. The van der Waals surface area contributed by atoms with Gasteiger partial charge in [-0.15, -0.1) is 0 Å². The van der Waals surface area contributed by atoms with Crippen molar-refractivity contribution < 1.29 is 14.2 Å². The van der Waals surface area contributed by atoms with Crippen LogP contribution in [-0.4, -0.2) is 12.2 Å². The number of benzene rings is 2. The molecule has 0 radical (unpaired) electrons. The Kier molecular flexibility index (Phi) is 4.60. The maximum Gasteiger partial charge on any atom is 0.137 e. The van der Waals surface area contributed by atoms with Gasteiger partial charge in [0.15, 0.2) is 0 Å². The molecular weight excluding hydrogens is 379 g/mol. The molecule has 0 fully saturated rings. The number of hydrogen-bond donors (Lipinski definition) is 1. The van der Waals surface area contributed by atoms with Crippen LogP contribution < -0.4 is 4.74 Å². The van der Waals surface area contributed by atoms with Crippen LogP contribution in [0.2, 0.25) is 0 Å². The van der Waals surface area contributed by atoms with Crippen molar-refractivity contribution in [3.8, 4) is 5.75 Å². The molecule has 0 aliphatic heterocycles. The molecule has 0 amide bonds. The first-order valence-electron chi connectivity index (χ1n) is 5.50. The Labute approximate surface area is 127 Å². The van der Waals surface area contributed by atoms with Crippen LogP contribution in [0, 0.1) is 5.82 Å². The Morgan fingerprint density at radius 3 is 2.58 bits per heavy atom. The van der Waals surface area contributed by atoms with Crippen LogP contribution >= 0.6 is 31.9 Å². The lowest BCUT2D eigenvalue weighted by atomic mass is 10.0. The summed E-state index contributed by atoms with van der Waals surface area (Å²) in [7, 11) is 1.53. The fourth-order valence-electron chi connectivity index (χ4n) is 1.82. The van der Waals surface area contributed by atoms with Crippen LogP contribution in [0.1, 0.15) is 17.2 Å². The molecule has 2 rings (SSSR count). The standard InChI is InChI=1S/C14H11Br2FO2/c1-19-12-6-5-8(15)7-10(12)14(18)9-3-2-4-11(17)13(9)16/h2-7,14,18H,1H3. The molecule has 0 aromatic heterocycles. The number of ether oxygens (including phenoxy) is 1.